The molecule has 1 aromatic rings. The molecule has 0 aliphatic carbocycles. The molecule has 100 valence electrons. The van der Waals surface area contributed by atoms with Crippen molar-refractivity contribution in [1.82, 2.24) is 5.32 Å². The third-order valence-electron chi connectivity index (χ3n) is 3.51. The fourth-order valence-corrected chi connectivity index (χ4v) is 1.78. The van der Waals surface area contributed by atoms with E-state index in [1.165, 1.54) is 0 Å². The van der Waals surface area contributed by atoms with Gasteiger partial charge in [-0.1, -0.05) is 44.5 Å². The number of carbonyl (C=O) groups is 1. The number of hydrogen-bond donors (Lipinski definition) is 2. The zero-order valence-corrected chi connectivity index (χ0v) is 11.6. The first kappa shape index (κ1) is 14.7. The van der Waals surface area contributed by atoms with Crippen LogP contribution in [0.5, 0.6) is 0 Å². The number of nitrogens with two attached hydrogens (primary N) is 1. The van der Waals surface area contributed by atoms with Crippen LogP contribution < -0.4 is 11.1 Å². The van der Waals surface area contributed by atoms with Crippen molar-refractivity contribution in [3.63, 3.8) is 0 Å². The second-order valence-corrected chi connectivity index (χ2v) is 4.94. The summed E-state index contributed by atoms with van der Waals surface area (Å²) in [5.41, 5.74) is 7.66. The molecular weight excluding hydrogens is 224 g/mol. The van der Waals surface area contributed by atoms with E-state index < -0.39 is 0 Å². The van der Waals surface area contributed by atoms with Gasteiger partial charge in [-0.2, -0.15) is 0 Å². The van der Waals surface area contributed by atoms with Gasteiger partial charge >= 0.3 is 0 Å². The van der Waals surface area contributed by atoms with Gasteiger partial charge < -0.3 is 11.1 Å². The maximum Gasteiger partial charge on any atom is 0.224 e. The highest BCUT2D eigenvalue weighted by Crippen LogP contribution is 2.08. The van der Waals surface area contributed by atoms with Crippen molar-refractivity contribution < 1.29 is 4.79 Å². The molecule has 1 aromatic carbocycles. The Bertz CT molecular complexity index is 373. The van der Waals surface area contributed by atoms with Crippen molar-refractivity contribution >= 4 is 5.91 Å². The molecule has 0 aromatic heterocycles. The highest BCUT2D eigenvalue weighted by Gasteiger charge is 2.13. The van der Waals surface area contributed by atoms with Crippen LogP contribution in [0.2, 0.25) is 0 Å². The highest BCUT2D eigenvalue weighted by molar-refractivity contribution is 5.78. The van der Waals surface area contributed by atoms with Crippen LogP contribution in [0.4, 0.5) is 0 Å². The summed E-state index contributed by atoms with van der Waals surface area (Å²) < 4.78 is 0. The topological polar surface area (TPSA) is 55.1 Å². The molecule has 0 heterocycles. The van der Waals surface area contributed by atoms with Crippen LogP contribution in [0.15, 0.2) is 24.3 Å². The first-order valence-electron chi connectivity index (χ1n) is 6.64. The van der Waals surface area contributed by atoms with Crippen molar-refractivity contribution in [2.24, 2.45) is 11.7 Å². The van der Waals surface area contributed by atoms with E-state index in [0.29, 0.717) is 18.9 Å². The lowest BCUT2D eigenvalue weighted by molar-refractivity contribution is -0.121. The zero-order chi connectivity index (χ0) is 13.5. The first-order chi connectivity index (χ1) is 8.56. The lowest BCUT2D eigenvalue weighted by Gasteiger charge is -2.19. The van der Waals surface area contributed by atoms with E-state index in [0.717, 1.165) is 17.5 Å². The van der Waals surface area contributed by atoms with E-state index in [1.54, 1.807) is 0 Å². The minimum absolute atomic E-state index is 0.0864. The first-order valence-corrected chi connectivity index (χ1v) is 6.64. The molecule has 3 heteroatoms. The Labute approximate surface area is 110 Å². The molecule has 1 amide bonds. The van der Waals surface area contributed by atoms with Crippen LogP contribution in [0, 0.1) is 5.92 Å². The molecule has 0 bridgehead atoms. The van der Waals surface area contributed by atoms with Crippen molar-refractivity contribution in [2.45, 2.75) is 46.2 Å². The van der Waals surface area contributed by atoms with Gasteiger partial charge in [0.05, 0.1) is 6.42 Å². The number of nitrogens with one attached hydrogen (secondary N) is 1. The normalized spacial score (nSPS) is 14.0. The van der Waals surface area contributed by atoms with Crippen molar-refractivity contribution in [3.05, 3.63) is 35.4 Å². The summed E-state index contributed by atoms with van der Waals surface area (Å²) in [6.45, 7) is 6.89. The third-order valence-corrected chi connectivity index (χ3v) is 3.51. The van der Waals surface area contributed by atoms with E-state index in [-0.39, 0.29) is 11.9 Å². The van der Waals surface area contributed by atoms with Crippen LogP contribution in [0.1, 0.15) is 38.3 Å². The third kappa shape index (κ3) is 4.49. The SMILES string of the molecule is CCC(C)C(C)NC(=O)Cc1ccc(CN)cc1. The molecule has 2 unspecified atom stereocenters. The van der Waals surface area contributed by atoms with Gasteiger partial charge in [0.2, 0.25) is 5.91 Å². The Balaban J connectivity index is 2.48. The van der Waals surface area contributed by atoms with Crippen molar-refractivity contribution in [3.8, 4) is 0 Å². The second-order valence-electron chi connectivity index (χ2n) is 4.94. The van der Waals surface area contributed by atoms with Gasteiger partial charge in [0.25, 0.3) is 0 Å². The molecule has 0 saturated heterocycles. The van der Waals surface area contributed by atoms with Gasteiger partial charge in [-0.3, -0.25) is 4.79 Å². The van der Waals surface area contributed by atoms with E-state index in [9.17, 15) is 4.79 Å². The van der Waals surface area contributed by atoms with E-state index in [2.05, 4.69) is 26.1 Å². The molecule has 1 rings (SSSR count). The lowest BCUT2D eigenvalue weighted by atomic mass is 10.0. The van der Waals surface area contributed by atoms with Crippen LogP contribution in [-0.2, 0) is 17.8 Å². The van der Waals surface area contributed by atoms with Crippen molar-refractivity contribution in [1.29, 1.82) is 0 Å². The summed E-state index contributed by atoms with van der Waals surface area (Å²) in [4.78, 5) is 11.9. The quantitative estimate of drug-likeness (QED) is 0.811. The van der Waals surface area contributed by atoms with E-state index in [1.807, 2.05) is 24.3 Å². The fraction of sp³-hybridized carbons (Fsp3) is 0.533. The Morgan fingerprint density at radius 3 is 2.28 bits per heavy atom. The van der Waals surface area contributed by atoms with Gasteiger partial charge in [0.15, 0.2) is 0 Å². The number of rotatable bonds is 6. The standard InChI is InChI=1S/C15H24N2O/c1-4-11(2)12(3)17-15(18)9-13-5-7-14(10-16)8-6-13/h5-8,11-12H,4,9-10,16H2,1-3H3,(H,17,18). The average Bonchev–Trinajstić information content (AvgIpc) is 2.38. The van der Waals surface area contributed by atoms with Gasteiger partial charge in [-0.15, -0.1) is 0 Å². The summed E-state index contributed by atoms with van der Waals surface area (Å²) in [5.74, 6) is 0.594. The van der Waals surface area contributed by atoms with Gasteiger partial charge in [-0.25, -0.2) is 0 Å². The van der Waals surface area contributed by atoms with Crippen LogP contribution >= 0.6 is 0 Å². The summed E-state index contributed by atoms with van der Waals surface area (Å²) in [6, 6.07) is 8.11. The van der Waals surface area contributed by atoms with Gasteiger partial charge in [-0.05, 0) is 24.0 Å². The second kappa shape index (κ2) is 7.17. The minimum Gasteiger partial charge on any atom is -0.353 e. The minimum atomic E-state index is 0.0864. The fourth-order valence-electron chi connectivity index (χ4n) is 1.78. The van der Waals surface area contributed by atoms with Crippen LogP contribution in [0.3, 0.4) is 0 Å². The molecule has 0 aliphatic rings. The smallest absolute Gasteiger partial charge is 0.224 e. The number of carbonyl (C=O) groups excluding carboxylic acids is 1. The Morgan fingerprint density at radius 1 is 1.22 bits per heavy atom. The molecule has 3 nitrogen and oxygen atoms in total. The molecule has 18 heavy (non-hydrogen) atoms. The Morgan fingerprint density at radius 2 is 1.78 bits per heavy atom. The monoisotopic (exact) mass is 248 g/mol. The van der Waals surface area contributed by atoms with E-state index in [4.69, 9.17) is 5.73 Å². The largest absolute Gasteiger partial charge is 0.353 e. The summed E-state index contributed by atoms with van der Waals surface area (Å²) in [5, 5.41) is 3.04. The van der Waals surface area contributed by atoms with E-state index >= 15 is 0 Å². The maximum atomic E-state index is 11.9. The predicted molar refractivity (Wildman–Crippen MR) is 75.1 cm³/mol. The highest BCUT2D eigenvalue weighted by atomic mass is 16.1. The Kier molecular flexibility index (Phi) is 5.86. The molecular formula is C15H24N2O. The van der Waals surface area contributed by atoms with Gasteiger partial charge in [0.1, 0.15) is 0 Å². The molecule has 0 saturated carbocycles. The van der Waals surface area contributed by atoms with Crippen LogP contribution in [0.25, 0.3) is 0 Å². The molecule has 3 N–H and O–H groups in total. The average molecular weight is 248 g/mol. The molecule has 0 aliphatic heterocycles. The summed E-state index contributed by atoms with van der Waals surface area (Å²) >= 11 is 0. The molecule has 0 fully saturated rings. The maximum absolute atomic E-state index is 11.9. The molecule has 2 atom stereocenters. The zero-order valence-electron chi connectivity index (χ0n) is 11.6. The number of benzene rings is 1. The lowest BCUT2D eigenvalue weighted by Crippen LogP contribution is -2.37. The number of hydrogen-bond acceptors (Lipinski definition) is 2. The van der Waals surface area contributed by atoms with Crippen LogP contribution in [-0.4, -0.2) is 11.9 Å². The number of amides is 1. The molecule has 0 spiro atoms. The predicted octanol–water partition coefficient (Wildman–Crippen LogP) is 2.24. The van der Waals surface area contributed by atoms with Gasteiger partial charge in [0, 0.05) is 12.6 Å². The molecule has 0 radical (unpaired) electrons. The van der Waals surface area contributed by atoms with Crippen molar-refractivity contribution in [2.75, 3.05) is 0 Å². The summed E-state index contributed by atoms with van der Waals surface area (Å²) in [7, 11) is 0. The Hall–Kier alpha value is -1.35. The summed E-state index contributed by atoms with van der Waals surface area (Å²) in [6.07, 6.45) is 1.51.